The average Bonchev–Trinajstić information content (AvgIpc) is 2.54. The van der Waals surface area contributed by atoms with E-state index < -0.39 is 10.1 Å². The Balaban J connectivity index is 2.37. The smallest absolute Gasteiger partial charge is 0.198 e. The first-order valence-electron chi connectivity index (χ1n) is 5.70. The molecule has 0 N–H and O–H groups in total. The molecule has 0 spiro atoms. The lowest BCUT2D eigenvalue weighted by Gasteiger charge is -2.16. The second kappa shape index (κ2) is 5.82. The fourth-order valence-corrected chi connectivity index (χ4v) is 3.27. The van der Waals surface area contributed by atoms with E-state index in [2.05, 4.69) is 6.92 Å². The van der Waals surface area contributed by atoms with E-state index in [0.717, 1.165) is 38.8 Å². The molecule has 0 bridgehead atoms. The van der Waals surface area contributed by atoms with Crippen molar-refractivity contribution in [2.45, 2.75) is 39.5 Å². The number of nitrogens with zero attached hydrogens (tertiary/aromatic N) is 1. The van der Waals surface area contributed by atoms with Gasteiger partial charge in [0.05, 0.1) is 5.75 Å². The predicted octanol–water partition coefficient (Wildman–Crippen LogP) is 1.78. The van der Waals surface area contributed by atoms with E-state index in [0.29, 0.717) is 0 Å². The topological polar surface area (TPSA) is 46.6 Å². The molecule has 1 unspecified atom stereocenters. The Morgan fingerprint density at radius 1 is 1.33 bits per heavy atom. The van der Waals surface area contributed by atoms with Crippen molar-refractivity contribution in [2.24, 2.45) is 5.92 Å². The first-order valence-corrected chi connectivity index (χ1v) is 7.28. The van der Waals surface area contributed by atoms with Gasteiger partial charge in [-0.1, -0.05) is 20.3 Å². The molecule has 0 aromatic heterocycles. The van der Waals surface area contributed by atoms with Crippen LogP contribution in [0.1, 0.15) is 39.5 Å². The normalized spacial score (nSPS) is 20.7. The zero-order valence-corrected chi connectivity index (χ0v) is 10.4. The maximum absolute atomic E-state index is 11.6. The molecule has 0 aromatic rings. The van der Waals surface area contributed by atoms with Gasteiger partial charge in [-0.3, -0.25) is 0 Å². The highest BCUT2D eigenvalue weighted by molar-refractivity contribution is 7.86. The van der Waals surface area contributed by atoms with Gasteiger partial charge in [-0.25, -0.2) is 0 Å². The van der Waals surface area contributed by atoms with E-state index in [1.165, 1.54) is 0 Å². The third kappa shape index (κ3) is 4.95. The van der Waals surface area contributed by atoms with Crippen molar-refractivity contribution >= 4 is 10.1 Å². The van der Waals surface area contributed by atoms with E-state index in [-0.39, 0.29) is 11.7 Å². The van der Waals surface area contributed by atoms with Crippen molar-refractivity contribution in [3.8, 4) is 0 Å². The molecule has 4 nitrogen and oxygen atoms in total. The second-order valence-electron chi connectivity index (χ2n) is 4.33. The zero-order valence-electron chi connectivity index (χ0n) is 9.61. The van der Waals surface area contributed by atoms with Crippen LogP contribution < -0.4 is 0 Å². The van der Waals surface area contributed by atoms with Crippen LogP contribution in [0.4, 0.5) is 0 Å². The summed E-state index contributed by atoms with van der Waals surface area (Å²) in [5, 5.41) is 1.56. The maximum Gasteiger partial charge on any atom is 0.283 e. The van der Waals surface area contributed by atoms with E-state index in [1.54, 1.807) is 5.06 Å². The van der Waals surface area contributed by atoms with Gasteiger partial charge in [-0.2, -0.15) is 17.8 Å². The Labute approximate surface area is 92.7 Å². The van der Waals surface area contributed by atoms with Crippen molar-refractivity contribution in [1.82, 2.24) is 5.06 Å². The minimum atomic E-state index is -3.36. The monoisotopic (exact) mass is 235 g/mol. The summed E-state index contributed by atoms with van der Waals surface area (Å²) in [5.74, 6) is 0.319. The fourth-order valence-electron chi connectivity index (χ4n) is 1.88. The summed E-state index contributed by atoms with van der Waals surface area (Å²) in [7, 11) is -3.36. The summed E-state index contributed by atoms with van der Waals surface area (Å²) >= 11 is 0. The molecule has 0 amide bonds. The minimum absolute atomic E-state index is 0.136. The molecule has 0 aliphatic carbocycles. The number of rotatable bonds is 6. The molecule has 0 aromatic carbocycles. The van der Waals surface area contributed by atoms with Crippen molar-refractivity contribution in [2.75, 3.05) is 18.8 Å². The molecule has 5 heteroatoms. The quantitative estimate of drug-likeness (QED) is 0.704. The van der Waals surface area contributed by atoms with Crippen LogP contribution in [0.3, 0.4) is 0 Å². The van der Waals surface area contributed by atoms with Gasteiger partial charge in [0, 0.05) is 13.1 Å². The Kier molecular flexibility index (Phi) is 5.02. The maximum atomic E-state index is 11.6. The summed E-state index contributed by atoms with van der Waals surface area (Å²) in [6.07, 6.45) is 4.00. The number of hydrogen-bond acceptors (Lipinski definition) is 4. The predicted molar refractivity (Wildman–Crippen MR) is 59.8 cm³/mol. The summed E-state index contributed by atoms with van der Waals surface area (Å²) in [6.45, 7) is 5.49. The van der Waals surface area contributed by atoms with Crippen molar-refractivity contribution in [3.05, 3.63) is 0 Å². The number of hydroxylamine groups is 2. The summed E-state index contributed by atoms with van der Waals surface area (Å²) in [4.78, 5) is 0. The summed E-state index contributed by atoms with van der Waals surface area (Å²) < 4.78 is 28.2. The molecule has 1 saturated heterocycles. The van der Waals surface area contributed by atoms with Crippen LogP contribution in [-0.4, -0.2) is 32.3 Å². The molecule has 1 rings (SSSR count). The highest BCUT2D eigenvalue weighted by Crippen LogP contribution is 2.14. The molecule has 0 radical (unpaired) electrons. The zero-order chi connectivity index (χ0) is 11.3. The van der Waals surface area contributed by atoms with Gasteiger partial charge >= 0.3 is 0 Å². The Morgan fingerprint density at radius 2 is 1.93 bits per heavy atom. The lowest BCUT2D eigenvalue weighted by Crippen LogP contribution is -2.27. The van der Waals surface area contributed by atoms with E-state index >= 15 is 0 Å². The van der Waals surface area contributed by atoms with Gasteiger partial charge in [0.15, 0.2) is 0 Å². The largest absolute Gasteiger partial charge is 0.283 e. The fraction of sp³-hybridized carbons (Fsp3) is 1.00. The molecule has 15 heavy (non-hydrogen) atoms. The van der Waals surface area contributed by atoms with Crippen molar-refractivity contribution in [1.29, 1.82) is 0 Å². The Hall–Kier alpha value is -0.130. The van der Waals surface area contributed by atoms with Crippen LogP contribution in [0, 0.1) is 5.92 Å². The van der Waals surface area contributed by atoms with Crippen molar-refractivity contribution < 1.29 is 12.7 Å². The van der Waals surface area contributed by atoms with E-state index in [1.807, 2.05) is 6.92 Å². The van der Waals surface area contributed by atoms with Crippen LogP contribution in [-0.2, 0) is 14.4 Å². The Bertz CT molecular complexity index is 270. The molecule has 1 aliphatic heterocycles. The molecule has 1 aliphatic rings. The van der Waals surface area contributed by atoms with Gasteiger partial charge in [0.2, 0.25) is 0 Å². The first-order chi connectivity index (χ1) is 7.03. The third-order valence-corrected chi connectivity index (χ3v) is 3.97. The van der Waals surface area contributed by atoms with Gasteiger partial charge in [-0.05, 0) is 25.2 Å². The third-order valence-electron chi connectivity index (χ3n) is 2.55. The SMILES string of the molecule is CCCC(C)CS(=O)(=O)ON1CCCC1. The van der Waals surface area contributed by atoms with Gasteiger partial charge < -0.3 is 0 Å². The van der Waals surface area contributed by atoms with E-state index in [9.17, 15) is 8.42 Å². The van der Waals surface area contributed by atoms with Crippen LogP contribution in [0.2, 0.25) is 0 Å². The average molecular weight is 235 g/mol. The van der Waals surface area contributed by atoms with Crippen LogP contribution in [0.5, 0.6) is 0 Å². The standard InChI is InChI=1S/C10H21NO3S/c1-3-6-10(2)9-15(12,13)14-11-7-4-5-8-11/h10H,3-9H2,1-2H3. The second-order valence-corrected chi connectivity index (χ2v) is 5.93. The van der Waals surface area contributed by atoms with Crippen LogP contribution in [0.15, 0.2) is 0 Å². The molecule has 0 saturated carbocycles. The van der Waals surface area contributed by atoms with Crippen LogP contribution in [0.25, 0.3) is 0 Å². The van der Waals surface area contributed by atoms with Gasteiger partial charge in [0.1, 0.15) is 0 Å². The lowest BCUT2D eigenvalue weighted by molar-refractivity contribution is -0.0273. The molecule has 1 heterocycles. The highest BCUT2D eigenvalue weighted by Gasteiger charge is 2.22. The minimum Gasteiger partial charge on any atom is -0.198 e. The summed E-state index contributed by atoms with van der Waals surface area (Å²) in [6, 6.07) is 0. The highest BCUT2D eigenvalue weighted by atomic mass is 32.2. The Morgan fingerprint density at radius 3 is 2.47 bits per heavy atom. The molecular weight excluding hydrogens is 214 g/mol. The number of hydrogen-bond donors (Lipinski definition) is 0. The summed E-state index contributed by atoms with van der Waals surface area (Å²) in [5.41, 5.74) is 0. The van der Waals surface area contributed by atoms with Gasteiger partial charge in [0.25, 0.3) is 10.1 Å². The molecule has 1 atom stereocenters. The lowest BCUT2D eigenvalue weighted by atomic mass is 10.1. The van der Waals surface area contributed by atoms with Crippen LogP contribution >= 0.6 is 0 Å². The van der Waals surface area contributed by atoms with E-state index in [4.69, 9.17) is 4.28 Å². The van der Waals surface area contributed by atoms with Crippen molar-refractivity contribution in [3.63, 3.8) is 0 Å². The molecule has 90 valence electrons. The molecular formula is C10H21NO3S. The van der Waals surface area contributed by atoms with Gasteiger partial charge in [-0.15, -0.1) is 0 Å². The molecule has 1 fully saturated rings. The first kappa shape index (κ1) is 12.9.